The maximum absolute atomic E-state index is 12.8. The Balaban J connectivity index is 1.66. The highest BCUT2D eigenvalue weighted by Gasteiger charge is 2.54. The Morgan fingerprint density at radius 2 is 2.00 bits per heavy atom. The molecule has 41 heavy (non-hydrogen) atoms. The molecule has 12 heteroatoms. The van der Waals surface area contributed by atoms with Crippen LogP contribution in [0.4, 0.5) is 14.6 Å². The summed E-state index contributed by atoms with van der Waals surface area (Å²) in [7, 11) is 3.50. The van der Waals surface area contributed by atoms with Gasteiger partial charge in [-0.05, 0) is 65.9 Å². The van der Waals surface area contributed by atoms with Crippen LogP contribution in [0.1, 0.15) is 37.9 Å². The molecule has 1 aliphatic carbocycles. The molecule has 1 atom stereocenters. The molecule has 1 aliphatic heterocycles. The van der Waals surface area contributed by atoms with Crippen LogP contribution in [0.25, 0.3) is 17.0 Å². The number of allylic oxidation sites excluding steroid dienone is 2. The van der Waals surface area contributed by atoms with E-state index in [0.29, 0.717) is 51.5 Å². The standard InChI is InChI=1S/C29H39ClF2N6O3/c1-16-26(25(17(2)33)18(3)39)35-27(22-8-21(6-7-23(22)30)41-13-20(40)11-34-4)36-28(16)38-14-29(15-38)9-19(10-29)37(5)12-24(31)32/h6-8,19-20,24,34,40H,9-15,33H2,1-5H3/t20-/m1/s1. The molecule has 224 valence electrons. The fourth-order valence-corrected chi connectivity index (χ4v) is 6.05. The number of aliphatic hydroxyl groups is 1. The van der Waals surface area contributed by atoms with Gasteiger partial charge in [0.1, 0.15) is 24.3 Å². The highest BCUT2D eigenvalue weighted by atomic mass is 35.5. The van der Waals surface area contributed by atoms with Crippen LogP contribution in [0, 0.1) is 12.3 Å². The van der Waals surface area contributed by atoms with E-state index in [1.165, 1.54) is 6.92 Å². The van der Waals surface area contributed by atoms with E-state index in [9.17, 15) is 18.7 Å². The van der Waals surface area contributed by atoms with Crippen LogP contribution < -0.4 is 20.7 Å². The van der Waals surface area contributed by atoms with Crippen LogP contribution in [-0.4, -0.2) is 91.2 Å². The summed E-state index contributed by atoms with van der Waals surface area (Å²) in [5.41, 5.74) is 8.55. The van der Waals surface area contributed by atoms with Gasteiger partial charge < -0.3 is 25.8 Å². The van der Waals surface area contributed by atoms with Crippen LogP contribution >= 0.6 is 11.6 Å². The number of anilines is 1. The molecule has 4 rings (SSSR count). The lowest BCUT2D eigenvalue weighted by molar-refractivity contribution is -0.111. The van der Waals surface area contributed by atoms with Gasteiger partial charge in [0, 0.05) is 47.9 Å². The van der Waals surface area contributed by atoms with E-state index < -0.39 is 12.5 Å². The summed E-state index contributed by atoms with van der Waals surface area (Å²) >= 11 is 6.61. The number of nitrogens with one attached hydrogen (secondary N) is 1. The van der Waals surface area contributed by atoms with Crippen molar-refractivity contribution in [2.24, 2.45) is 11.1 Å². The largest absolute Gasteiger partial charge is 0.491 e. The second kappa shape index (κ2) is 12.6. The second-order valence-corrected chi connectivity index (χ2v) is 11.8. The van der Waals surface area contributed by atoms with E-state index >= 15 is 0 Å². The molecule has 0 unspecified atom stereocenters. The van der Waals surface area contributed by atoms with Gasteiger partial charge in [-0.3, -0.25) is 9.69 Å². The minimum absolute atomic E-state index is 0.0569. The molecule has 1 spiro atoms. The van der Waals surface area contributed by atoms with Crippen molar-refractivity contribution in [2.45, 2.75) is 52.2 Å². The van der Waals surface area contributed by atoms with Gasteiger partial charge in [0.15, 0.2) is 11.6 Å². The van der Waals surface area contributed by atoms with Crippen LogP contribution in [-0.2, 0) is 4.79 Å². The van der Waals surface area contributed by atoms with Crippen molar-refractivity contribution in [1.29, 1.82) is 0 Å². The summed E-state index contributed by atoms with van der Waals surface area (Å²) in [6.45, 7) is 6.68. The topological polar surface area (TPSA) is 117 Å². The highest BCUT2D eigenvalue weighted by molar-refractivity contribution is 6.33. The first kappa shape index (κ1) is 31.1. The maximum Gasteiger partial charge on any atom is 0.251 e. The fourth-order valence-electron chi connectivity index (χ4n) is 5.85. The lowest BCUT2D eigenvalue weighted by Gasteiger charge is -2.61. The van der Waals surface area contributed by atoms with Crippen LogP contribution in [0.15, 0.2) is 23.9 Å². The van der Waals surface area contributed by atoms with E-state index in [4.69, 9.17) is 32.0 Å². The van der Waals surface area contributed by atoms with Crippen LogP contribution in [0.5, 0.6) is 5.75 Å². The van der Waals surface area contributed by atoms with Crippen molar-refractivity contribution in [3.63, 3.8) is 0 Å². The molecular formula is C29H39ClF2N6O3. The normalized spacial score (nSPS) is 17.9. The molecule has 0 radical (unpaired) electrons. The van der Waals surface area contributed by atoms with Gasteiger partial charge in [0.25, 0.3) is 6.43 Å². The number of carbonyl (C=O) groups excluding carboxylic acids is 1. The molecular weight excluding hydrogens is 554 g/mol. The average Bonchev–Trinajstić information content (AvgIpc) is 2.83. The van der Waals surface area contributed by atoms with Crippen LogP contribution in [0.2, 0.25) is 5.02 Å². The first-order valence-electron chi connectivity index (χ1n) is 13.7. The molecule has 2 fully saturated rings. The molecule has 2 heterocycles. The average molecular weight is 593 g/mol. The summed E-state index contributed by atoms with van der Waals surface area (Å²) in [5, 5.41) is 13.3. The lowest BCUT2D eigenvalue weighted by Crippen LogP contribution is -2.66. The number of benzene rings is 1. The molecule has 1 saturated heterocycles. The van der Waals surface area contributed by atoms with Gasteiger partial charge in [-0.1, -0.05) is 11.6 Å². The first-order valence-corrected chi connectivity index (χ1v) is 14.1. The molecule has 9 nitrogen and oxygen atoms in total. The summed E-state index contributed by atoms with van der Waals surface area (Å²) in [6, 6.07) is 5.24. The summed E-state index contributed by atoms with van der Waals surface area (Å²) in [4.78, 5) is 26.2. The number of hydrogen-bond donors (Lipinski definition) is 3. The molecule has 0 bridgehead atoms. The van der Waals surface area contributed by atoms with Crippen molar-refractivity contribution in [2.75, 3.05) is 51.8 Å². The SMILES string of the molecule is CNC[C@@H](O)COc1ccc(Cl)c(-c2nc(C(C(C)=O)=C(C)N)c(C)c(N3CC4(CC(N(C)CC(F)F)C4)C3)n2)c1. The summed E-state index contributed by atoms with van der Waals surface area (Å²) in [6.07, 6.45) is -1.34. The van der Waals surface area contributed by atoms with Gasteiger partial charge in [-0.15, -0.1) is 0 Å². The predicted octanol–water partition coefficient (Wildman–Crippen LogP) is 3.51. The Bertz CT molecular complexity index is 1310. The minimum atomic E-state index is -2.35. The minimum Gasteiger partial charge on any atom is -0.491 e. The molecule has 4 N–H and O–H groups in total. The fraction of sp³-hybridized carbons (Fsp3) is 0.552. The quantitative estimate of drug-likeness (QED) is 0.318. The van der Waals surface area contributed by atoms with E-state index in [-0.39, 0.29) is 30.4 Å². The number of likely N-dealkylation sites (N-methyl/N-ethyl adjacent to an activating group) is 1. The zero-order valence-electron chi connectivity index (χ0n) is 24.2. The third kappa shape index (κ3) is 6.80. The number of alkyl halides is 2. The molecule has 2 aliphatic rings. The number of ketones is 1. The van der Waals surface area contributed by atoms with Gasteiger partial charge in [0.2, 0.25) is 0 Å². The van der Waals surface area contributed by atoms with E-state index in [2.05, 4.69) is 10.2 Å². The maximum atomic E-state index is 12.8. The van der Waals surface area contributed by atoms with Gasteiger partial charge >= 0.3 is 0 Å². The monoisotopic (exact) mass is 592 g/mol. The lowest BCUT2D eigenvalue weighted by atomic mass is 9.60. The van der Waals surface area contributed by atoms with E-state index in [0.717, 1.165) is 31.5 Å². The number of aliphatic hydroxyl groups excluding tert-OH is 1. The molecule has 1 saturated carbocycles. The zero-order valence-corrected chi connectivity index (χ0v) is 24.9. The van der Waals surface area contributed by atoms with Crippen molar-refractivity contribution in [1.82, 2.24) is 20.2 Å². The highest BCUT2D eigenvalue weighted by Crippen LogP contribution is 2.51. The number of nitrogens with zero attached hydrogens (tertiary/aromatic N) is 4. The number of ether oxygens (including phenoxy) is 1. The number of carbonyl (C=O) groups is 1. The van der Waals surface area contributed by atoms with Crippen LogP contribution in [0.3, 0.4) is 0 Å². The Morgan fingerprint density at radius 3 is 2.59 bits per heavy atom. The smallest absolute Gasteiger partial charge is 0.251 e. The second-order valence-electron chi connectivity index (χ2n) is 11.4. The number of halogens is 3. The number of Topliss-reactive ketones (excluding diaryl/α,β-unsaturated/α-hetero) is 1. The van der Waals surface area contributed by atoms with E-state index in [1.807, 2.05) is 6.92 Å². The number of nitrogens with two attached hydrogens (primary N) is 1. The number of rotatable bonds is 12. The summed E-state index contributed by atoms with van der Waals surface area (Å²) in [5.74, 6) is 1.26. The van der Waals surface area contributed by atoms with E-state index in [1.54, 1.807) is 44.1 Å². The predicted molar refractivity (Wildman–Crippen MR) is 156 cm³/mol. The third-order valence-corrected chi connectivity index (χ3v) is 8.23. The Hall–Kier alpha value is -2.86. The number of hydrogen-bond acceptors (Lipinski definition) is 9. The zero-order chi connectivity index (χ0) is 30.1. The molecule has 1 aromatic heterocycles. The molecule has 1 aromatic carbocycles. The van der Waals surface area contributed by atoms with Crippen molar-refractivity contribution in [3.8, 4) is 17.1 Å². The van der Waals surface area contributed by atoms with Crippen molar-refractivity contribution < 1.29 is 23.4 Å². The summed E-state index contributed by atoms with van der Waals surface area (Å²) < 4.78 is 31.5. The van der Waals surface area contributed by atoms with Gasteiger partial charge in [0.05, 0.1) is 22.8 Å². The Kier molecular flexibility index (Phi) is 9.52. The van der Waals surface area contributed by atoms with Gasteiger partial charge in [-0.2, -0.15) is 0 Å². The van der Waals surface area contributed by atoms with Crippen molar-refractivity contribution >= 4 is 28.8 Å². The molecule has 0 amide bonds. The molecule has 2 aromatic rings. The third-order valence-electron chi connectivity index (χ3n) is 7.90. The Labute approximate surface area is 244 Å². The first-order chi connectivity index (χ1) is 19.3. The van der Waals surface area contributed by atoms with Crippen molar-refractivity contribution in [3.05, 3.63) is 40.2 Å². The Morgan fingerprint density at radius 1 is 1.32 bits per heavy atom. The van der Waals surface area contributed by atoms with Gasteiger partial charge in [-0.25, -0.2) is 18.7 Å². The number of aromatic nitrogens is 2.